The second-order valence-electron chi connectivity index (χ2n) is 3.06. The van der Waals surface area contributed by atoms with Gasteiger partial charge in [0.25, 0.3) is 6.01 Å². The zero-order chi connectivity index (χ0) is 11.3. The number of oxime groups is 1. The molecule has 6 nitrogen and oxygen atoms in total. The number of nitrogens with zero attached hydrogens (tertiary/aromatic N) is 3. The zero-order valence-electron chi connectivity index (χ0n) is 8.97. The van der Waals surface area contributed by atoms with Crippen LogP contribution in [0.3, 0.4) is 0 Å². The molecule has 0 aliphatic carbocycles. The van der Waals surface area contributed by atoms with Gasteiger partial charge >= 0.3 is 0 Å². The van der Waals surface area contributed by atoms with E-state index < -0.39 is 0 Å². The van der Waals surface area contributed by atoms with E-state index in [1.54, 1.807) is 0 Å². The van der Waals surface area contributed by atoms with Crippen molar-refractivity contribution in [1.82, 2.24) is 4.98 Å². The molecule has 0 spiro atoms. The first-order chi connectivity index (χ1) is 7.21. The maximum atomic E-state index is 8.40. The van der Waals surface area contributed by atoms with Gasteiger partial charge in [-0.05, 0) is 13.8 Å². The Labute approximate surface area is 88.4 Å². The molecule has 0 aromatic carbocycles. The lowest BCUT2D eigenvalue weighted by Crippen LogP contribution is -2.22. The summed E-state index contributed by atoms with van der Waals surface area (Å²) >= 11 is 0. The molecule has 3 N–H and O–H groups in total. The van der Waals surface area contributed by atoms with Crippen LogP contribution in [0.2, 0.25) is 0 Å². The molecule has 1 aromatic heterocycles. The average Bonchev–Trinajstić information content (AvgIpc) is 2.68. The lowest BCUT2D eigenvalue weighted by atomic mass is 10.3. The molecule has 0 fully saturated rings. The minimum atomic E-state index is 0.120. The summed E-state index contributed by atoms with van der Waals surface area (Å²) in [6.45, 7) is 5.72. The molecule has 1 rings (SSSR count). The first kappa shape index (κ1) is 11.4. The molecule has 0 unspecified atom stereocenters. The van der Waals surface area contributed by atoms with Gasteiger partial charge in [0.05, 0.1) is 12.1 Å². The van der Waals surface area contributed by atoms with Crippen LogP contribution in [0, 0.1) is 0 Å². The third-order valence-corrected chi connectivity index (χ3v) is 2.06. The van der Waals surface area contributed by atoms with Crippen LogP contribution in [-0.2, 0) is 6.42 Å². The molecule has 0 saturated carbocycles. The normalized spacial score (nSPS) is 11.7. The van der Waals surface area contributed by atoms with E-state index in [2.05, 4.69) is 10.1 Å². The quantitative estimate of drug-likeness (QED) is 0.326. The Balaban J connectivity index is 2.71. The van der Waals surface area contributed by atoms with E-state index in [4.69, 9.17) is 15.4 Å². The number of hydrogen-bond donors (Lipinski definition) is 2. The SMILES string of the molecule is CCN(CC)c1nc(C/C(N)=N/O)co1. The fourth-order valence-corrected chi connectivity index (χ4v) is 1.24. The Morgan fingerprint density at radius 2 is 2.27 bits per heavy atom. The number of rotatable bonds is 5. The molecule has 0 radical (unpaired) electrons. The Morgan fingerprint density at radius 1 is 1.60 bits per heavy atom. The first-order valence-electron chi connectivity index (χ1n) is 4.87. The summed E-state index contributed by atoms with van der Waals surface area (Å²) in [4.78, 5) is 6.21. The summed E-state index contributed by atoms with van der Waals surface area (Å²) in [5, 5.41) is 11.3. The van der Waals surface area contributed by atoms with Crippen LogP contribution >= 0.6 is 0 Å². The van der Waals surface area contributed by atoms with Gasteiger partial charge in [0.15, 0.2) is 0 Å². The van der Waals surface area contributed by atoms with Gasteiger partial charge in [-0.2, -0.15) is 4.98 Å². The standard InChI is InChI=1S/C9H16N4O2/c1-3-13(4-2)9-11-7(6-15-9)5-8(10)12-14/h6,14H,3-5H2,1-2H3,(H2,10,12). The van der Waals surface area contributed by atoms with Crippen LogP contribution in [0.15, 0.2) is 15.8 Å². The Bertz CT molecular complexity index is 331. The molecule has 0 saturated heterocycles. The molecule has 0 aliphatic rings. The van der Waals surface area contributed by atoms with Crippen molar-refractivity contribution in [2.45, 2.75) is 20.3 Å². The van der Waals surface area contributed by atoms with Crippen molar-refractivity contribution in [1.29, 1.82) is 0 Å². The van der Waals surface area contributed by atoms with Gasteiger partial charge in [-0.1, -0.05) is 5.16 Å². The Kier molecular flexibility index (Phi) is 3.96. The summed E-state index contributed by atoms with van der Waals surface area (Å²) in [5.74, 6) is 0.120. The highest BCUT2D eigenvalue weighted by Crippen LogP contribution is 2.13. The van der Waals surface area contributed by atoms with Gasteiger partial charge in [-0.3, -0.25) is 0 Å². The molecule has 6 heteroatoms. The van der Waals surface area contributed by atoms with Crippen molar-refractivity contribution in [3.8, 4) is 0 Å². The topological polar surface area (TPSA) is 87.9 Å². The van der Waals surface area contributed by atoms with E-state index >= 15 is 0 Å². The van der Waals surface area contributed by atoms with E-state index in [9.17, 15) is 0 Å². The predicted octanol–water partition coefficient (Wildman–Crippen LogP) is 0.810. The molecule has 0 aliphatic heterocycles. The van der Waals surface area contributed by atoms with Crippen molar-refractivity contribution in [3.05, 3.63) is 12.0 Å². The van der Waals surface area contributed by atoms with Gasteiger partial charge in [0, 0.05) is 13.1 Å². The van der Waals surface area contributed by atoms with Crippen LogP contribution in [0.1, 0.15) is 19.5 Å². The minimum Gasteiger partial charge on any atom is -0.432 e. The molecule has 1 aromatic rings. The van der Waals surface area contributed by atoms with Crippen molar-refractivity contribution in [2.75, 3.05) is 18.0 Å². The van der Waals surface area contributed by atoms with Gasteiger partial charge < -0.3 is 20.3 Å². The van der Waals surface area contributed by atoms with Gasteiger partial charge in [-0.15, -0.1) is 0 Å². The minimum absolute atomic E-state index is 0.120. The van der Waals surface area contributed by atoms with Crippen LogP contribution in [0.4, 0.5) is 6.01 Å². The summed E-state index contributed by atoms with van der Waals surface area (Å²) in [7, 11) is 0. The predicted molar refractivity (Wildman–Crippen MR) is 57.2 cm³/mol. The number of oxazole rings is 1. The number of amidine groups is 1. The smallest absolute Gasteiger partial charge is 0.297 e. The highest BCUT2D eigenvalue weighted by Gasteiger charge is 2.10. The molecule has 15 heavy (non-hydrogen) atoms. The Morgan fingerprint density at radius 3 is 2.80 bits per heavy atom. The largest absolute Gasteiger partial charge is 0.432 e. The van der Waals surface area contributed by atoms with Crippen molar-refractivity contribution in [3.63, 3.8) is 0 Å². The molecule has 1 heterocycles. The summed E-state index contributed by atoms with van der Waals surface area (Å²) in [5.41, 5.74) is 6.02. The van der Waals surface area contributed by atoms with Crippen molar-refractivity contribution >= 4 is 11.9 Å². The second kappa shape index (κ2) is 5.23. The fourth-order valence-electron chi connectivity index (χ4n) is 1.24. The highest BCUT2D eigenvalue weighted by molar-refractivity contribution is 5.81. The molecular weight excluding hydrogens is 196 g/mol. The maximum Gasteiger partial charge on any atom is 0.297 e. The van der Waals surface area contributed by atoms with Crippen LogP contribution in [0.5, 0.6) is 0 Å². The summed E-state index contributed by atoms with van der Waals surface area (Å²) < 4.78 is 5.28. The van der Waals surface area contributed by atoms with E-state index in [1.165, 1.54) is 6.26 Å². The average molecular weight is 212 g/mol. The third-order valence-electron chi connectivity index (χ3n) is 2.06. The monoisotopic (exact) mass is 212 g/mol. The van der Waals surface area contributed by atoms with Gasteiger partial charge in [-0.25, -0.2) is 0 Å². The van der Waals surface area contributed by atoms with Crippen molar-refractivity contribution in [2.24, 2.45) is 10.9 Å². The lowest BCUT2D eigenvalue weighted by Gasteiger charge is -2.14. The second-order valence-corrected chi connectivity index (χ2v) is 3.06. The first-order valence-corrected chi connectivity index (χ1v) is 4.87. The van der Waals surface area contributed by atoms with Crippen LogP contribution in [0.25, 0.3) is 0 Å². The van der Waals surface area contributed by atoms with Gasteiger partial charge in [0.2, 0.25) is 0 Å². The van der Waals surface area contributed by atoms with Crippen LogP contribution < -0.4 is 10.6 Å². The lowest BCUT2D eigenvalue weighted by molar-refractivity contribution is 0.317. The van der Waals surface area contributed by atoms with E-state index in [0.29, 0.717) is 18.1 Å². The molecular formula is C9H16N4O2. The molecule has 0 bridgehead atoms. The number of hydrogen-bond acceptors (Lipinski definition) is 5. The van der Waals surface area contributed by atoms with E-state index in [-0.39, 0.29) is 5.84 Å². The molecule has 0 atom stereocenters. The molecule has 0 amide bonds. The molecule has 84 valence electrons. The third kappa shape index (κ3) is 2.87. The summed E-state index contributed by atoms with van der Waals surface area (Å²) in [6, 6.07) is 0.570. The van der Waals surface area contributed by atoms with Crippen LogP contribution in [-0.4, -0.2) is 29.1 Å². The highest BCUT2D eigenvalue weighted by atomic mass is 16.4. The number of aromatic nitrogens is 1. The van der Waals surface area contributed by atoms with E-state index in [0.717, 1.165) is 13.1 Å². The number of nitrogens with two attached hydrogens (primary N) is 1. The fraction of sp³-hybridized carbons (Fsp3) is 0.556. The Hall–Kier alpha value is -1.72. The summed E-state index contributed by atoms with van der Waals surface area (Å²) in [6.07, 6.45) is 1.81. The number of anilines is 1. The van der Waals surface area contributed by atoms with Gasteiger partial charge in [0.1, 0.15) is 12.1 Å². The maximum absolute atomic E-state index is 8.40. The van der Waals surface area contributed by atoms with E-state index in [1.807, 2.05) is 18.7 Å². The van der Waals surface area contributed by atoms with Crippen molar-refractivity contribution < 1.29 is 9.62 Å². The zero-order valence-corrected chi connectivity index (χ0v) is 8.97.